The first-order valence-corrected chi connectivity index (χ1v) is 5.12. The van der Waals surface area contributed by atoms with Gasteiger partial charge < -0.3 is 15.3 Å². The van der Waals surface area contributed by atoms with Crippen molar-refractivity contribution < 1.29 is 15.3 Å². The first-order chi connectivity index (χ1) is 6.93. The summed E-state index contributed by atoms with van der Waals surface area (Å²) in [4.78, 5) is 0. The van der Waals surface area contributed by atoms with E-state index in [-0.39, 0.29) is 11.5 Å². The minimum absolute atomic E-state index is 0.200. The van der Waals surface area contributed by atoms with E-state index in [1.54, 1.807) is 26.8 Å². The third-order valence-corrected chi connectivity index (χ3v) is 2.75. The molecule has 0 amide bonds. The Morgan fingerprint density at radius 3 is 2.33 bits per heavy atom. The van der Waals surface area contributed by atoms with E-state index in [0.29, 0.717) is 29.5 Å². The highest BCUT2D eigenvalue weighted by Gasteiger charge is 2.11. The van der Waals surface area contributed by atoms with E-state index in [0.717, 1.165) is 0 Å². The fourth-order valence-corrected chi connectivity index (χ4v) is 1.51. The number of rotatable bonds is 3. The second-order valence-electron chi connectivity index (χ2n) is 4.04. The van der Waals surface area contributed by atoms with Crippen LogP contribution in [0.25, 0.3) is 0 Å². The topological polar surface area (TPSA) is 60.7 Å². The Kier molecular flexibility index (Phi) is 3.58. The number of aryl methyl sites for hydroxylation is 1. The van der Waals surface area contributed by atoms with E-state index in [4.69, 9.17) is 5.11 Å². The van der Waals surface area contributed by atoms with Gasteiger partial charge in [0.2, 0.25) is 0 Å². The molecule has 84 valence electrons. The van der Waals surface area contributed by atoms with E-state index in [2.05, 4.69) is 0 Å². The van der Waals surface area contributed by atoms with Crippen LogP contribution in [-0.4, -0.2) is 21.4 Å². The lowest BCUT2D eigenvalue weighted by molar-refractivity contribution is 0.184. The molecule has 0 spiro atoms. The lowest BCUT2D eigenvalue weighted by atomic mass is 9.99. The average molecular weight is 210 g/mol. The number of aliphatic hydroxyl groups is 1. The van der Waals surface area contributed by atoms with Gasteiger partial charge in [0.05, 0.1) is 6.10 Å². The summed E-state index contributed by atoms with van der Waals surface area (Å²) in [5.41, 5.74) is 2.10. The fraction of sp³-hybridized carbons (Fsp3) is 0.500. The molecule has 0 fully saturated rings. The van der Waals surface area contributed by atoms with Gasteiger partial charge in [0, 0.05) is 0 Å². The third-order valence-electron chi connectivity index (χ3n) is 2.75. The lowest BCUT2D eigenvalue weighted by Gasteiger charge is -2.12. The van der Waals surface area contributed by atoms with Crippen LogP contribution in [0.1, 0.15) is 30.0 Å². The summed E-state index contributed by atoms with van der Waals surface area (Å²) in [7, 11) is 0. The van der Waals surface area contributed by atoms with Crippen LogP contribution in [0.5, 0.6) is 11.5 Å². The molecule has 0 bridgehead atoms. The molecule has 1 aromatic rings. The first-order valence-electron chi connectivity index (χ1n) is 5.12. The summed E-state index contributed by atoms with van der Waals surface area (Å²) in [5, 5.41) is 28.6. The van der Waals surface area contributed by atoms with Crippen LogP contribution in [0.4, 0.5) is 0 Å². The molecule has 3 N–H and O–H groups in total. The second kappa shape index (κ2) is 4.53. The Bertz CT molecular complexity index is 356. The van der Waals surface area contributed by atoms with Crippen molar-refractivity contribution >= 4 is 0 Å². The summed E-state index contributed by atoms with van der Waals surface area (Å²) in [6.45, 7) is 5.25. The van der Waals surface area contributed by atoms with Crippen LogP contribution >= 0.6 is 0 Å². The summed E-state index contributed by atoms with van der Waals surface area (Å²) in [5.74, 6) is 0.428. The summed E-state index contributed by atoms with van der Waals surface area (Å²) < 4.78 is 0. The number of aromatic hydroxyl groups is 2. The molecule has 0 radical (unpaired) electrons. The molecule has 1 unspecified atom stereocenters. The average Bonchev–Trinajstić information content (AvgIpc) is 2.18. The molecule has 0 aliphatic carbocycles. The van der Waals surface area contributed by atoms with Crippen LogP contribution < -0.4 is 0 Å². The monoisotopic (exact) mass is 210 g/mol. The SMILES string of the molecule is Cc1c(O)cc(CCC(C)O)c(O)c1C. The zero-order chi connectivity index (χ0) is 11.6. The Balaban J connectivity index is 2.99. The van der Waals surface area contributed by atoms with Gasteiger partial charge in [0.15, 0.2) is 0 Å². The lowest BCUT2D eigenvalue weighted by Crippen LogP contribution is -2.02. The van der Waals surface area contributed by atoms with Crippen molar-refractivity contribution in [3.63, 3.8) is 0 Å². The van der Waals surface area contributed by atoms with Gasteiger partial charge in [-0.2, -0.15) is 0 Å². The summed E-state index contributed by atoms with van der Waals surface area (Å²) in [6, 6.07) is 1.57. The number of phenolic OH excluding ortho intramolecular Hbond substituents is 2. The molecule has 0 aliphatic rings. The molecule has 0 saturated heterocycles. The molecule has 1 rings (SSSR count). The molecule has 0 aromatic heterocycles. The van der Waals surface area contributed by atoms with E-state index in [1.165, 1.54) is 0 Å². The van der Waals surface area contributed by atoms with Crippen molar-refractivity contribution in [3.05, 3.63) is 22.8 Å². The van der Waals surface area contributed by atoms with Crippen LogP contribution in [0, 0.1) is 13.8 Å². The summed E-state index contributed by atoms with van der Waals surface area (Å²) in [6.07, 6.45) is 0.751. The molecular weight excluding hydrogens is 192 g/mol. The van der Waals surface area contributed by atoms with Crippen LogP contribution in [0.3, 0.4) is 0 Å². The number of hydrogen-bond acceptors (Lipinski definition) is 3. The maximum atomic E-state index is 9.82. The Hall–Kier alpha value is -1.22. The minimum atomic E-state index is -0.395. The highest BCUT2D eigenvalue weighted by Crippen LogP contribution is 2.32. The van der Waals surface area contributed by atoms with Crippen LogP contribution in [0.2, 0.25) is 0 Å². The van der Waals surface area contributed by atoms with Crippen LogP contribution in [-0.2, 0) is 6.42 Å². The van der Waals surface area contributed by atoms with Gasteiger partial charge in [-0.3, -0.25) is 0 Å². The molecule has 15 heavy (non-hydrogen) atoms. The molecule has 0 heterocycles. The summed E-state index contributed by atoms with van der Waals surface area (Å²) >= 11 is 0. The van der Waals surface area contributed by atoms with Crippen LogP contribution in [0.15, 0.2) is 6.07 Å². The van der Waals surface area contributed by atoms with Gasteiger partial charge in [-0.15, -0.1) is 0 Å². The molecule has 0 saturated carbocycles. The number of aliphatic hydroxyl groups excluding tert-OH is 1. The molecule has 3 nitrogen and oxygen atoms in total. The van der Waals surface area contributed by atoms with Gasteiger partial charge in [-0.25, -0.2) is 0 Å². The predicted molar refractivity (Wildman–Crippen MR) is 59.2 cm³/mol. The zero-order valence-corrected chi connectivity index (χ0v) is 9.41. The van der Waals surface area contributed by atoms with Crippen molar-refractivity contribution in [1.82, 2.24) is 0 Å². The quantitative estimate of drug-likeness (QED) is 0.669. The standard InChI is InChI=1S/C12H18O3/c1-7(13)4-5-10-6-11(14)8(2)9(3)12(10)15/h6-7,13-15H,4-5H2,1-3H3. The largest absolute Gasteiger partial charge is 0.508 e. The number of benzene rings is 1. The maximum Gasteiger partial charge on any atom is 0.122 e. The predicted octanol–water partition coefficient (Wildman–Crippen LogP) is 2.03. The molecule has 0 aliphatic heterocycles. The Morgan fingerprint density at radius 2 is 1.80 bits per heavy atom. The van der Waals surface area contributed by atoms with Crippen molar-refractivity contribution in [2.45, 2.75) is 39.7 Å². The normalized spacial score (nSPS) is 12.8. The molecule has 1 atom stereocenters. The maximum absolute atomic E-state index is 9.82. The smallest absolute Gasteiger partial charge is 0.122 e. The number of phenols is 2. The van der Waals surface area contributed by atoms with Gasteiger partial charge in [-0.05, 0) is 56.4 Å². The van der Waals surface area contributed by atoms with E-state index in [1.807, 2.05) is 0 Å². The second-order valence-corrected chi connectivity index (χ2v) is 4.04. The highest BCUT2D eigenvalue weighted by molar-refractivity contribution is 5.51. The van der Waals surface area contributed by atoms with E-state index >= 15 is 0 Å². The van der Waals surface area contributed by atoms with Gasteiger partial charge >= 0.3 is 0 Å². The fourth-order valence-electron chi connectivity index (χ4n) is 1.51. The van der Waals surface area contributed by atoms with Gasteiger partial charge in [0.1, 0.15) is 11.5 Å². The molecule has 1 aromatic carbocycles. The molecular formula is C12H18O3. The minimum Gasteiger partial charge on any atom is -0.508 e. The van der Waals surface area contributed by atoms with Gasteiger partial charge in [0.25, 0.3) is 0 Å². The first kappa shape index (κ1) is 11.9. The Morgan fingerprint density at radius 1 is 1.20 bits per heavy atom. The molecule has 3 heteroatoms. The number of hydrogen-bond donors (Lipinski definition) is 3. The van der Waals surface area contributed by atoms with Crippen molar-refractivity contribution in [3.8, 4) is 11.5 Å². The van der Waals surface area contributed by atoms with Crippen molar-refractivity contribution in [2.75, 3.05) is 0 Å². The third kappa shape index (κ3) is 2.63. The van der Waals surface area contributed by atoms with Crippen molar-refractivity contribution in [2.24, 2.45) is 0 Å². The van der Waals surface area contributed by atoms with Gasteiger partial charge in [-0.1, -0.05) is 0 Å². The van der Waals surface area contributed by atoms with E-state index in [9.17, 15) is 10.2 Å². The van der Waals surface area contributed by atoms with E-state index < -0.39 is 6.10 Å². The Labute approximate surface area is 90.0 Å². The highest BCUT2D eigenvalue weighted by atomic mass is 16.3. The van der Waals surface area contributed by atoms with Crippen molar-refractivity contribution in [1.29, 1.82) is 0 Å². The zero-order valence-electron chi connectivity index (χ0n) is 9.41.